The van der Waals surface area contributed by atoms with Crippen LogP contribution in [-0.4, -0.2) is 26.6 Å². The Balaban J connectivity index is 1.56. The minimum absolute atomic E-state index is 0.0540. The average Bonchev–Trinajstić information content (AvgIpc) is 3.23. The second-order valence-corrected chi connectivity index (χ2v) is 8.82. The standard InChI is InChI=1S/C20H19FN2O4S2/c21-16-6-8-17(9-7-16)23-29(25,26)19-5-1-3-15(13-19)20(24)22-10-12-28-14-18-4-2-11-27-18/h1-9,11,13,23H,10,12,14H2,(H,22,24). The normalized spacial score (nSPS) is 11.2. The highest BCUT2D eigenvalue weighted by Crippen LogP contribution is 2.18. The monoisotopic (exact) mass is 434 g/mol. The first-order valence-electron chi connectivity index (χ1n) is 8.71. The predicted molar refractivity (Wildman–Crippen MR) is 111 cm³/mol. The molecular weight excluding hydrogens is 415 g/mol. The predicted octanol–water partition coefficient (Wildman–Crippen LogP) is 3.88. The molecule has 0 aliphatic rings. The van der Waals surface area contributed by atoms with Gasteiger partial charge in [-0.25, -0.2) is 12.8 Å². The van der Waals surface area contributed by atoms with Crippen LogP contribution in [0.4, 0.5) is 10.1 Å². The second kappa shape index (κ2) is 9.62. The van der Waals surface area contributed by atoms with Crippen molar-refractivity contribution in [2.45, 2.75) is 10.6 Å². The number of amides is 1. The quantitative estimate of drug-likeness (QED) is 0.499. The molecule has 1 amide bonds. The Bertz CT molecular complexity index is 1050. The number of thioether (sulfide) groups is 1. The van der Waals surface area contributed by atoms with Gasteiger partial charge in [0.15, 0.2) is 0 Å². The molecule has 29 heavy (non-hydrogen) atoms. The molecule has 1 aromatic heterocycles. The van der Waals surface area contributed by atoms with Crippen LogP contribution >= 0.6 is 11.8 Å². The summed E-state index contributed by atoms with van der Waals surface area (Å²) in [7, 11) is -3.90. The molecule has 0 bridgehead atoms. The number of carbonyl (C=O) groups is 1. The van der Waals surface area contributed by atoms with Crippen LogP contribution in [0.25, 0.3) is 0 Å². The van der Waals surface area contributed by atoms with Crippen molar-refractivity contribution in [1.82, 2.24) is 5.32 Å². The summed E-state index contributed by atoms with van der Waals surface area (Å²) >= 11 is 1.62. The highest BCUT2D eigenvalue weighted by molar-refractivity contribution is 7.98. The van der Waals surface area contributed by atoms with E-state index in [0.717, 1.165) is 17.9 Å². The minimum Gasteiger partial charge on any atom is -0.468 e. The van der Waals surface area contributed by atoms with Crippen LogP contribution in [0.5, 0.6) is 0 Å². The lowest BCUT2D eigenvalue weighted by molar-refractivity contribution is 0.0956. The van der Waals surface area contributed by atoms with E-state index in [1.165, 1.54) is 30.3 Å². The third-order valence-corrected chi connectivity index (χ3v) is 6.22. The van der Waals surface area contributed by atoms with Crippen molar-refractivity contribution in [3.63, 3.8) is 0 Å². The fourth-order valence-corrected chi connectivity index (χ4v) is 4.30. The average molecular weight is 435 g/mol. The van der Waals surface area contributed by atoms with Gasteiger partial charge in [-0.05, 0) is 54.6 Å². The Morgan fingerprint density at radius 3 is 2.59 bits per heavy atom. The largest absolute Gasteiger partial charge is 0.468 e. The SMILES string of the molecule is O=C(NCCSCc1ccco1)c1cccc(S(=O)(=O)Nc2ccc(F)cc2)c1. The van der Waals surface area contributed by atoms with E-state index in [0.29, 0.717) is 18.1 Å². The van der Waals surface area contributed by atoms with Crippen molar-refractivity contribution in [3.8, 4) is 0 Å². The molecule has 0 fully saturated rings. The van der Waals surface area contributed by atoms with Gasteiger partial charge >= 0.3 is 0 Å². The van der Waals surface area contributed by atoms with Crippen molar-refractivity contribution < 1.29 is 22.0 Å². The maximum atomic E-state index is 13.0. The van der Waals surface area contributed by atoms with Gasteiger partial charge in [0.2, 0.25) is 0 Å². The summed E-state index contributed by atoms with van der Waals surface area (Å²) in [5.74, 6) is 1.45. The highest BCUT2D eigenvalue weighted by atomic mass is 32.2. The summed E-state index contributed by atoms with van der Waals surface area (Å²) in [4.78, 5) is 12.3. The molecule has 0 radical (unpaired) electrons. The van der Waals surface area contributed by atoms with Gasteiger partial charge in [0.25, 0.3) is 15.9 Å². The van der Waals surface area contributed by atoms with Gasteiger partial charge in [0.05, 0.1) is 16.9 Å². The smallest absolute Gasteiger partial charge is 0.261 e. The molecule has 152 valence electrons. The zero-order chi connectivity index (χ0) is 20.7. The number of hydrogen-bond acceptors (Lipinski definition) is 5. The number of furan rings is 1. The van der Waals surface area contributed by atoms with Crippen LogP contribution in [-0.2, 0) is 15.8 Å². The highest BCUT2D eigenvalue weighted by Gasteiger charge is 2.16. The van der Waals surface area contributed by atoms with Gasteiger partial charge in [-0.15, -0.1) is 0 Å². The lowest BCUT2D eigenvalue weighted by Gasteiger charge is -2.10. The molecule has 1 heterocycles. The number of nitrogens with one attached hydrogen (secondary N) is 2. The van der Waals surface area contributed by atoms with Crippen LogP contribution in [0, 0.1) is 5.82 Å². The first-order valence-corrected chi connectivity index (χ1v) is 11.3. The maximum Gasteiger partial charge on any atom is 0.261 e. The summed E-state index contributed by atoms with van der Waals surface area (Å²) < 4.78 is 45.6. The zero-order valence-electron chi connectivity index (χ0n) is 15.3. The number of rotatable bonds is 9. The van der Waals surface area contributed by atoms with E-state index in [4.69, 9.17) is 4.42 Å². The molecular formula is C20H19FN2O4S2. The van der Waals surface area contributed by atoms with Gasteiger partial charge in [0, 0.05) is 23.5 Å². The first kappa shape index (κ1) is 20.9. The number of anilines is 1. The van der Waals surface area contributed by atoms with Gasteiger partial charge in [0.1, 0.15) is 11.6 Å². The summed E-state index contributed by atoms with van der Waals surface area (Å²) in [6.45, 7) is 0.439. The van der Waals surface area contributed by atoms with Crippen LogP contribution in [0.3, 0.4) is 0 Å². The van der Waals surface area contributed by atoms with Gasteiger partial charge in [-0.1, -0.05) is 6.07 Å². The summed E-state index contributed by atoms with van der Waals surface area (Å²) in [5, 5.41) is 2.77. The van der Waals surface area contributed by atoms with Crippen molar-refractivity contribution >= 4 is 33.4 Å². The van der Waals surface area contributed by atoms with E-state index < -0.39 is 15.8 Å². The van der Waals surface area contributed by atoms with Crippen molar-refractivity contribution in [3.05, 3.63) is 84.1 Å². The topological polar surface area (TPSA) is 88.4 Å². The molecule has 0 spiro atoms. The van der Waals surface area contributed by atoms with Crippen molar-refractivity contribution in [2.24, 2.45) is 0 Å². The molecule has 3 aromatic rings. The molecule has 2 N–H and O–H groups in total. The molecule has 2 aromatic carbocycles. The first-order chi connectivity index (χ1) is 13.9. The van der Waals surface area contributed by atoms with E-state index in [1.54, 1.807) is 24.1 Å². The van der Waals surface area contributed by atoms with E-state index in [2.05, 4.69) is 10.0 Å². The minimum atomic E-state index is -3.90. The van der Waals surface area contributed by atoms with Crippen LogP contribution in [0.2, 0.25) is 0 Å². The van der Waals surface area contributed by atoms with Crippen LogP contribution in [0.1, 0.15) is 16.1 Å². The molecule has 0 aliphatic heterocycles. The molecule has 9 heteroatoms. The van der Waals surface area contributed by atoms with E-state index >= 15 is 0 Å². The second-order valence-electron chi connectivity index (χ2n) is 6.03. The lowest BCUT2D eigenvalue weighted by atomic mass is 10.2. The van der Waals surface area contributed by atoms with E-state index in [9.17, 15) is 17.6 Å². The Morgan fingerprint density at radius 1 is 1.07 bits per heavy atom. The van der Waals surface area contributed by atoms with Crippen LogP contribution < -0.4 is 10.0 Å². The molecule has 0 atom stereocenters. The molecule has 3 rings (SSSR count). The Kier molecular flexibility index (Phi) is 6.95. The summed E-state index contributed by atoms with van der Waals surface area (Å²) in [6.07, 6.45) is 1.61. The third-order valence-electron chi connectivity index (χ3n) is 3.86. The van der Waals surface area contributed by atoms with Gasteiger partial charge in [-0.3, -0.25) is 9.52 Å². The Hall–Kier alpha value is -2.78. The fourth-order valence-electron chi connectivity index (χ4n) is 2.44. The third kappa shape index (κ3) is 6.10. The molecule has 0 aliphatic carbocycles. The maximum absolute atomic E-state index is 13.0. The van der Waals surface area contributed by atoms with Gasteiger partial charge < -0.3 is 9.73 Å². The van der Waals surface area contributed by atoms with Gasteiger partial charge in [-0.2, -0.15) is 11.8 Å². The summed E-state index contributed by atoms with van der Waals surface area (Å²) in [5.41, 5.74) is 0.470. The number of sulfonamides is 1. The van der Waals surface area contributed by atoms with Crippen LogP contribution in [0.15, 0.2) is 76.2 Å². The summed E-state index contributed by atoms with van der Waals surface area (Å²) in [6, 6.07) is 14.4. The van der Waals surface area contributed by atoms with Crippen molar-refractivity contribution in [1.29, 1.82) is 0 Å². The Labute approximate surface area is 172 Å². The molecule has 6 nitrogen and oxygen atoms in total. The zero-order valence-corrected chi connectivity index (χ0v) is 16.9. The fraction of sp³-hybridized carbons (Fsp3) is 0.150. The molecule has 0 saturated carbocycles. The number of benzene rings is 2. The van der Waals surface area contributed by atoms with Crippen molar-refractivity contribution in [2.75, 3.05) is 17.0 Å². The van der Waals surface area contributed by atoms with E-state index in [1.807, 2.05) is 12.1 Å². The molecule has 0 unspecified atom stereocenters. The molecule has 0 saturated heterocycles. The Morgan fingerprint density at radius 2 is 1.86 bits per heavy atom. The number of carbonyl (C=O) groups excluding carboxylic acids is 1. The number of halogens is 1. The lowest BCUT2D eigenvalue weighted by Crippen LogP contribution is -2.26. The number of hydrogen-bond donors (Lipinski definition) is 2. The van der Waals surface area contributed by atoms with E-state index in [-0.39, 0.29) is 22.1 Å².